The van der Waals surface area contributed by atoms with Crippen molar-refractivity contribution in [3.63, 3.8) is 0 Å². The maximum absolute atomic E-state index is 12.4. The molecule has 0 radical (unpaired) electrons. The zero-order valence-electron chi connectivity index (χ0n) is 7.94. The summed E-state index contributed by atoms with van der Waals surface area (Å²) < 4.78 is 41.7. The van der Waals surface area contributed by atoms with Gasteiger partial charge in [-0.1, -0.05) is 0 Å². The SMILES string of the molecule is C[Si](C)(C)OC(C#N)(C#N)C(F)(F)F. The summed E-state index contributed by atoms with van der Waals surface area (Å²) in [5, 5.41) is 16.8. The molecule has 0 heterocycles. The molecule has 0 N–H and O–H groups in total. The molecule has 0 spiro atoms. The maximum Gasteiger partial charge on any atom is 0.444 e. The summed E-state index contributed by atoms with van der Waals surface area (Å²) in [7, 11) is -2.61. The quantitative estimate of drug-likeness (QED) is 0.673. The topological polar surface area (TPSA) is 56.8 Å². The number of halogens is 3. The van der Waals surface area contributed by atoms with E-state index in [0.717, 1.165) is 12.1 Å². The Morgan fingerprint density at radius 3 is 1.50 bits per heavy atom. The van der Waals surface area contributed by atoms with Crippen molar-refractivity contribution >= 4 is 8.32 Å². The molecule has 0 aromatic rings. The Morgan fingerprint density at radius 2 is 1.43 bits per heavy atom. The number of nitriles is 2. The highest BCUT2D eigenvalue weighted by Crippen LogP contribution is 2.35. The lowest BCUT2D eigenvalue weighted by atomic mass is 10.1. The van der Waals surface area contributed by atoms with Crippen molar-refractivity contribution in [2.45, 2.75) is 31.4 Å². The van der Waals surface area contributed by atoms with Crippen LogP contribution in [0.15, 0.2) is 0 Å². The molecular formula is C7H9F3N2OSi. The minimum Gasteiger partial charge on any atom is -0.383 e. The monoisotopic (exact) mass is 222 g/mol. The van der Waals surface area contributed by atoms with Crippen molar-refractivity contribution in [2.75, 3.05) is 0 Å². The highest BCUT2D eigenvalue weighted by molar-refractivity contribution is 6.69. The van der Waals surface area contributed by atoms with E-state index in [4.69, 9.17) is 10.5 Å². The summed E-state index contributed by atoms with van der Waals surface area (Å²) in [6.45, 7) is 4.42. The van der Waals surface area contributed by atoms with Crippen LogP contribution in [0.3, 0.4) is 0 Å². The van der Waals surface area contributed by atoms with Crippen molar-refractivity contribution < 1.29 is 17.6 Å². The molecule has 0 unspecified atom stereocenters. The van der Waals surface area contributed by atoms with Crippen LogP contribution in [0.4, 0.5) is 13.2 Å². The molecule has 0 aliphatic carbocycles. The number of hydrogen-bond acceptors (Lipinski definition) is 3. The van der Waals surface area contributed by atoms with Crippen LogP contribution in [0.25, 0.3) is 0 Å². The van der Waals surface area contributed by atoms with Gasteiger partial charge in [0, 0.05) is 0 Å². The smallest absolute Gasteiger partial charge is 0.383 e. The summed E-state index contributed by atoms with van der Waals surface area (Å²) in [5.74, 6) is 0. The Hall–Kier alpha value is -1.05. The standard InChI is InChI=1S/C7H9F3N2OSi/c1-14(2,3)13-6(4-11,5-12)7(8,9)10/h1-3H3. The van der Waals surface area contributed by atoms with E-state index in [-0.39, 0.29) is 0 Å². The molecule has 0 bridgehead atoms. The van der Waals surface area contributed by atoms with Crippen LogP contribution in [0, 0.1) is 22.7 Å². The van der Waals surface area contributed by atoms with E-state index >= 15 is 0 Å². The second kappa shape index (κ2) is 3.60. The van der Waals surface area contributed by atoms with Gasteiger partial charge in [-0.3, -0.25) is 0 Å². The van der Waals surface area contributed by atoms with E-state index in [1.807, 2.05) is 0 Å². The van der Waals surface area contributed by atoms with Gasteiger partial charge in [-0.25, -0.2) is 0 Å². The Bertz CT molecular complexity index is 280. The average Bonchev–Trinajstić information content (AvgIpc) is 1.96. The van der Waals surface area contributed by atoms with Gasteiger partial charge in [0.25, 0.3) is 0 Å². The fourth-order valence-corrected chi connectivity index (χ4v) is 1.84. The van der Waals surface area contributed by atoms with Crippen LogP contribution >= 0.6 is 0 Å². The molecule has 7 heteroatoms. The van der Waals surface area contributed by atoms with E-state index in [0.29, 0.717) is 0 Å². The van der Waals surface area contributed by atoms with Crippen LogP contribution < -0.4 is 0 Å². The van der Waals surface area contributed by atoms with Crippen LogP contribution in [-0.4, -0.2) is 20.1 Å². The predicted molar refractivity (Wildman–Crippen MR) is 44.4 cm³/mol. The number of rotatable bonds is 2. The summed E-state index contributed by atoms with van der Waals surface area (Å²) in [5.41, 5.74) is -3.32. The van der Waals surface area contributed by atoms with E-state index in [1.165, 1.54) is 19.6 Å². The second-order valence-corrected chi connectivity index (χ2v) is 8.05. The number of hydrogen-bond donors (Lipinski definition) is 0. The Labute approximate surface area is 80.8 Å². The van der Waals surface area contributed by atoms with Crippen LogP contribution in [0.1, 0.15) is 0 Å². The number of alkyl halides is 3. The molecule has 0 saturated heterocycles. The lowest BCUT2D eigenvalue weighted by molar-refractivity contribution is -0.207. The van der Waals surface area contributed by atoms with E-state index in [9.17, 15) is 13.2 Å². The Balaban J connectivity index is 5.18. The maximum atomic E-state index is 12.4. The molecule has 0 aromatic heterocycles. The Morgan fingerprint density at radius 1 is 1.07 bits per heavy atom. The van der Waals surface area contributed by atoms with Gasteiger partial charge in [0.05, 0.1) is 0 Å². The largest absolute Gasteiger partial charge is 0.444 e. The zero-order chi connectivity index (χ0) is 11.6. The molecule has 0 atom stereocenters. The summed E-state index contributed by atoms with van der Waals surface area (Å²) in [4.78, 5) is 0. The fraction of sp³-hybridized carbons (Fsp3) is 0.714. The average molecular weight is 222 g/mol. The van der Waals surface area contributed by atoms with E-state index in [2.05, 4.69) is 4.43 Å². The first-order chi connectivity index (χ1) is 6.08. The van der Waals surface area contributed by atoms with Gasteiger partial charge in [0.2, 0.25) is 0 Å². The molecular weight excluding hydrogens is 213 g/mol. The van der Waals surface area contributed by atoms with Gasteiger partial charge in [0.1, 0.15) is 12.1 Å². The molecule has 0 aliphatic rings. The van der Waals surface area contributed by atoms with Gasteiger partial charge in [-0.15, -0.1) is 0 Å². The fourth-order valence-electron chi connectivity index (χ4n) is 0.715. The van der Waals surface area contributed by atoms with E-state index in [1.54, 1.807) is 0 Å². The van der Waals surface area contributed by atoms with Crippen LogP contribution in [-0.2, 0) is 4.43 Å². The van der Waals surface area contributed by atoms with Crippen LogP contribution in [0.5, 0.6) is 0 Å². The molecule has 78 valence electrons. The molecule has 0 amide bonds. The van der Waals surface area contributed by atoms with Gasteiger partial charge in [0.15, 0.2) is 8.32 Å². The first kappa shape index (κ1) is 12.9. The number of nitrogens with zero attached hydrogens (tertiary/aromatic N) is 2. The van der Waals surface area contributed by atoms with Crippen LogP contribution in [0.2, 0.25) is 19.6 Å². The van der Waals surface area contributed by atoms with Crippen molar-refractivity contribution in [1.29, 1.82) is 10.5 Å². The van der Waals surface area contributed by atoms with Gasteiger partial charge in [-0.2, -0.15) is 23.7 Å². The third-order valence-electron chi connectivity index (χ3n) is 1.17. The first-order valence-corrected chi connectivity index (χ1v) is 7.08. The van der Waals surface area contributed by atoms with E-state index < -0.39 is 20.1 Å². The minimum atomic E-state index is -4.99. The first-order valence-electron chi connectivity index (χ1n) is 3.67. The molecule has 0 aromatic carbocycles. The molecule has 14 heavy (non-hydrogen) atoms. The lowest BCUT2D eigenvalue weighted by Crippen LogP contribution is -2.51. The van der Waals surface area contributed by atoms with Gasteiger partial charge in [-0.05, 0) is 19.6 Å². The normalized spacial score (nSPS) is 13.1. The summed E-state index contributed by atoms with van der Waals surface area (Å²) >= 11 is 0. The second-order valence-electron chi connectivity index (χ2n) is 3.62. The van der Waals surface area contributed by atoms with Crippen molar-refractivity contribution in [3.8, 4) is 12.1 Å². The highest BCUT2D eigenvalue weighted by atomic mass is 28.4. The summed E-state index contributed by atoms with van der Waals surface area (Å²) in [6, 6.07) is 1.78. The molecule has 0 fully saturated rings. The summed E-state index contributed by atoms with van der Waals surface area (Å²) in [6.07, 6.45) is -4.99. The molecule has 3 nitrogen and oxygen atoms in total. The van der Waals surface area contributed by atoms with Crippen molar-refractivity contribution in [2.24, 2.45) is 0 Å². The molecule has 0 rings (SSSR count). The highest BCUT2D eigenvalue weighted by Gasteiger charge is 2.59. The zero-order valence-corrected chi connectivity index (χ0v) is 8.94. The van der Waals surface area contributed by atoms with Crippen molar-refractivity contribution in [3.05, 3.63) is 0 Å². The van der Waals surface area contributed by atoms with Gasteiger partial charge >= 0.3 is 11.8 Å². The minimum absolute atomic E-state index is 0.888. The molecule has 0 saturated carbocycles. The predicted octanol–water partition coefficient (Wildman–Crippen LogP) is 2.19. The third kappa shape index (κ3) is 2.72. The van der Waals surface area contributed by atoms with Gasteiger partial charge < -0.3 is 4.43 Å². The lowest BCUT2D eigenvalue weighted by Gasteiger charge is -2.29. The van der Waals surface area contributed by atoms with Crippen molar-refractivity contribution in [1.82, 2.24) is 0 Å². The Kier molecular flexibility index (Phi) is 3.33. The molecule has 0 aliphatic heterocycles. The third-order valence-corrected chi connectivity index (χ3v) is 2.09.